The number of fused-ring (bicyclic) bond motifs is 2. The second-order valence-electron chi connectivity index (χ2n) is 8.40. The molecule has 0 spiro atoms. The van der Waals surface area contributed by atoms with Crippen LogP contribution in [-0.2, 0) is 11.2 Å². The number of carbonyl (C=O) groups is 2. The van der Waals surface area contributed by atoms with Crippen LogP contribution in [0.1, 0.15) is 21.5 Å². The number of aromatic nitrogens is 1. The van der Waals surface area contributed by atoms with Gasteiger partial charge in [0.1, 0.15) is 6.04 Å². The molecular weight excluding hydrogens is 472 g/mol. The summed E-state index contributed by atoms with van der Waals surface area (Å²) in [6.07, 6.45) is 3.77. The van der Waals surface area contributed by atoms with Crippen molar-refractivity contribution < 1.29 is 9.59 Å². The number of benzene rings is 4. The van der Waals surface area contributed by atoms with E-state index in [9.17, 15) is 9.59 Å². The SMILES string of the molecule is O=C(NC(Cc1c[nH]c2ccccc12)C(=O)NN=Cc1cccc2ccccc12)c1ccc(Cl)cc1. The zero-order valence-corrected chi connectivity index (χ0v) is 20.0. The van der Waals surface area contributed by atoms with Gasteiger partial charge < -0.3 is 10.3 Å². The van der Waals surface area contributed by atoms with Gasteiger partial charge in [0.2, 0.25) is 0 Å². The molecule has 3 N–H and O–H groups in total. The van der Waals surface area contributed by atoms with Gasteiger partial charge in [-0.3, -0.25) is 9.59 Å². The van der Waals surface area contributed by atoms with Crippen LogP contribution < -0.4 is 10.7 Å². The molecule has 178 valence electrons. The van der Waals surface area contributed by atoms with E-state index in [1.165, 1.54) is 0 Å². The topological polar surface area (TPSA) is 86.3 Å². The standard InChI is InChI=1S/C29H23ClN4O2/c30-23-14-12-20(13-15-23)28(35)33-27(16-22-17-31-26-11-4-3-10-25(22)26)29(36)34-32-18-21-8-5-7-19-6-1-2-9-24(19)21/h1-15,17-18,27,31H,16H2,(H,33,35)(H,34,36). The molecule has 0 aliphatic heterocycles. The molecule has 7 heteroatoms. The molecule has 0 fully saturated rings. The normalized spacial score (nSPS) is 12.1. The minimum Gasteiger partial charge on any atom is -0.361 e. The third kappa shape index (κ3) is 5.14. The molecule has 0 bridgehead atoms. The quantitative estimate of drug-likeness (QED) is 0.207. The van der Waals surface area contributed by atoms with E-state index in [2.05, 4.69) is 20.8 Å². The number of amides is 2. The molecule has 36 heavy (non-hydrogen) atoms. The molecule has 0 aliphatic carbocycles. The molecule has 5 rings (SSSR count). The van der Waals surface area contributed by atoms with Gasteiger partial charge in [-0.05, 0) is 46.7 Å². The Bertz CT molecular complexity index is 1570. The predicted molar refractivity (Wildman–Crippen MR) is 144 cm³/mol. The van der Waals surface area contributed by atoms with Crippen molar-refractivity contribution >= 4 is 51.3 Å². The van der Waals surface area contributed by atoms with Crippen molar-refractivity contribution in [1.82, 2.24) is 15.7 Å². The molecule has 2 amide bonds. The second-order valence-corrected chi connectivity index (χ2v) is 8.84. The molecule has 5 aromatic rings. The lowest BCUT2D eigenvalue weighted by Crippen LogP contribution is -2.46. The Morgan fingerprint density at radius 3 is 2.44 bits per heavy atom. The Hall–Kier alpha value is -4.42. The summed E-state index contributed by atoms with van der Waals surface area (Å²) in [5, 5.41) is 10.7. The van der Waals surface area contributed by atoms with Crippen molar-refractivity contribution in [2.75, 3.05) is 0 Å². The Labute approximate surface area is 213 Å². The average molecular weight is 495 g/mol. The van der Waals surface area contributed by atoms with Crippen LogP contribution in [-0.4, -0.2) is 29.1 Å². The van der Waals surface area contributed by atoms with Crippen LogP contribution in [0, 0.1) is 0 Å². The number of hydrogen-bond donors (Lipinski definition) is 3. The third-order valence-electron chi connectivity index (χ3n) is 6.03. The van der Waals surface area contributed by atoms with Gasteiger partial charge in [0, 0.05) is 39.7 Å². The summed E-state index contributed by atoms with van der Waals surface area (Å²) < 4.78 is 0. The number of hydrazone groups is 1. The maximum atomic E-state index is 13.2. The zero-order chi connectivity index (χ0) is 24.9. The van der Waals surface area contributed by atoms with E-state index in [4.69, 9.17) is 11.6 Å². The van der Waals surface area contributed by atoms with Crippen LogP contribution in [0.4, 0.5) is 0 Å². The summed E-state index contributed by atoms with van der Waals surface area (Å²) in [7, 11) is 0. The number of aromatic amines is 1. The second kappa shape index (κ2) is 10.5. The number of rotatable bonds is 7. The summed E-state index contributed by atoms with van der Waals surface area (Å²) in [5.74, 6) is -0.788. The largest absolute Gasteiger partial charge is 0.361 e. The number of carbonyl (C=O) groups excluding carboxylic acids is 2. The highest BCUT2D eigenvalue weighted by Crippen LogP contribution is 2.20. The van der Waals surface area contributed by atoms with E-state index in [0.717, 1.165) is 32.8 Å². The van der Waals surface area contributed by atoms with Gasteiger partial charge in [-0.25, -0.2) is 5.43 Å². The van der Waals surface area contributed by atoms with Gasteiger partial charge in [0.15, 0.2) is 0 Å². The minimum atomic E-state index is -0.850. The van der Waals surface area contributed by atoms with Crippen LogP contribution in [0.5, 0.6) is 0 Å². The first kappa shape index (κ1) is 23.3. The fraction of sp³-hybridized carbons (Fsp3) is 0.0690. The first-order valence-electron chi connectivity index (χ1n) is 11.5. The smallest absolute Gasteiger partial charge is 0.262 e. The fourth-order valence-electron chi connectivity index (χ4n) is 4.18. The fourth-order valence-corrected chi connectivity index (χ4v) is 4.30. The molecule has 0 aliphatic rings. The van der Waals surface area contributed by atoms with Crippen LogP contribution in [0.2, 0.25) is 5.02 Å². The summed E-state index contributed by atoms with van der Waals surface area (Å²) in [5.41, 5.74) is 5.78. The summed E-state index contributed by atoms with van der Waals surface area (Å²) in [4.78, 5) is 29.4. The van der Waals surface area contributed by atoms with Crippen molar-refractivity contribution in [3.05, 3.63) is 119 Å². The van der Waals surface area contributed by atoms with Gasteiger partial charge in [-0.15, -0.1) is 0 Å². The molecule has 0 radical (unpaired) electrons. The highest BCUT2D eigenvalue weighted by molar-refractivity contribution is 6.30. The monoisotopic (exact) mass is 494 g/mol. The van der Waals surface area contributed by atoms with Crippen LogP contribution >= 0.6 is 11.6 Å². The molecule has 0 saturated heterocycles. The molecule has 1 atom stereocenters. The van der Waals surface area contributed by atoms with Crippen molar-refractivity contribution in [3.8, 4) is 0 Å². The molecule has 4 aromatic carbocycles. The van der Waals surface area contributed by atoms with Crippen LogP contribution in [0.15, 0.2) is 102 Å². The van der Waals surface area contributed by atoms with Crippen LogP contribution in [0.3, 0.4) is 0 Å². The first-order valence-corrected chi connectivity index (χ1v) is 11.9. The van der Waals surface area contributed by atoms with Gasteiger partial charge in [0.25, 0.3) is 11.8 Å². The third-order valence-corrected chi connectivity index (χ3v) is 6.28. The van der Waals surface area contributed by atoms with Crippen molar-refractivity contribution in [3.63, 3.8) is 0 Å². The Balaban J connectivity index is 1.37. The lowest BCUT2D eigenvalue weighted by molar-refractivity contribution is -0.122. The van der Waals surface area contributed by atoms with Crippen molar-refractivity contribution in [2.24, 2.45) is 5.10 Å². The molecule has 6 nitrogen and oxygen atoms in total. The Morgan fingerprint density at radius 1 is 0.889 bits per heavy atom. The molecule has 1 unspecified atom stereocenters. The number of para-hydroxylation sites is 1. The van der Waals surface area contributed by atoms with Crippen LogP contribution in [0.25, 0.3) is 21.7 Å². The number of H-pyrrole nitrogens is 1. The van der Waals surface area contributed by atoms with Gasteiger partial charge in [-0.2, -0.15) is 5.10 Å². The lowest BCUT2D eigenvalue weighted by Gasteiger charge is -2.17. The molecule has 0 saturated carbocycles. The van der Waals surface area contributed by atoms with E-state index >= 15 is 0 Å². The first-order chi connectivity index (χ1) is 17.6. The average Bonchev–Trinajstić information content (AvgIpc) is 3.31. The lowest BCUT2D eigenvalue weighted by atomic mass is 10.0. The zero-order valence-electron chi connectivity index (χ0n) is 19.2. The highest BCUT2D eigenvalue weighted by Gasteiger charge is 2.23. The van der Waals surface area contributed by atoms with Gasteiger partial charge >= 0.3 is 0 Å². The summed E-state index contributed by atoms with van der Waals surface area (Å²) >= 11 is 5.95. The number of hydrogen-bond acceptors (Lipinski definition) is 3. The Kier molecular flexibility index (Phi) is 6.78. The van der Waals surface area contributed by atoms with Crippen molar-refractivity contribution in [2.45, 2.75) is 12.5 Å². The summed E-state index contributed by atoms with van der Waals surface area (Å²) in [6, 6.07) is 27.4. The van der Waals surface area contributed by atoms with Gasteiger partial charge in [0.05, 0.1) is 6.21 Å². The summed E-state index contributed by atoms with van der Waals surface area (Å²) in [6.45, 7) is 0. The van der Waals surface area contributed by atoms with E-state index in [1.807, 2.05) is 72.9 Å². The maximum Gasteiger partial charge on any atom is 0.262 e. The number of nitrogens with one attached hydrogen (secondary N) is 3. The Morgan fingerprint density at radius 2 is 1.61 bits per heavy atom. The van der Waals surface area contributed by atoms with Crippen molar-refractivity contribution in [1.29, 1.82) is 0 Å². The minimum absolute atomic E-state index is 0.291. The predicted octanol–water partition coefficient (Wildman–Crippen LogP) is 5.47. The maximum absolute atomic E-state index is 13.2. The van der Waals surface area contributed by atoms with E-state index < -0.39 is 11.9 Å². The highest BCUT2D eigenvalue weighted by atomic mass is 35.5. The van der Waals surface area contributed by atoms with Gasteiger partial charge in [-0.1, -0.05) is 72.3 Å². The number of nitrogens with zero attached hydrogens (tertiary/aromatic N) is 1. The molecule has 1 aromatic heterocycles. The van der Waals surface area contributed by atoms with E-state index in [-0.39, 0.29) is 5.91 Å². The molecule has 1 heterocycles. The number of halogens is 1. The van der Waals surface area contributed by atoms with E-state index in [0.29, 0.717) is 17.0 Å². The molecular formula is C29H23ClN4O2. The van der Waals surface area contributed by atoms with E-state index in [1.54, 1.807) is 30.5 Å².